The predicted molar refractivity (Wildman–Crippen MR) is 243 cm³/mol. The van der Waals surface area contributed by atoms with Gasteiger partial charge in [0.15, 0.2) is 0 Å². The number of nitrogens with zero attached hydrogens (tertiary/aromatic N) is 2. The molecule has 0 saturated carbocycles. The van der Waals surface area contributed by atoms with Gasteiger partial charge in [-0.25, -0.2) is 0 Å². The topological polar surface area (TPSA) is 200 Å². The van der Waals surface area contributed by atoms with Crippen molar-refractivity contribution in [2.75, 3.05) is 40.4 Å². The normalized spacial score (nSPS) is 22.7. The van der Waals surface area contributed by atoms with Gasteiger partial charge in [0.05, 0.1) is 37.4 Å². The van der Waals surface area contributed by atoms with Crippen LogP contribution in [-0.2, 0) is 28.8 Å². The van der Waals surface area contributed by atoms with E-state index in [1.807, 2.05) is 77.9 Å². The minimum Gasteiger partial charge on any atom is -0.492 e. The summed E-state index contributed by atoms with van der Waals surface area (Å²) in [5.41, 5.74) is 2.00. The molecule has 2 aromatic carbocycles. The van der Waals surface area contributed by atoms with Crippen molar-refractivity contribution in [1.29, 1.82) is 0 Å². The Kier molecular flexibility index (Phi) is 15.0. The molecule has 4 aliphatic rings. The lowest BCUT2D eigenvalue weighted by atomic mass is 9.85. The minimum atomic E-state index is -0.816. The van der Waals surface area contributed by atoms with Gasteiger partial charge >= 0.3 is 0 Å². The first-order valence-corrected chi connectivity index (χ1v) is 23.0. The van der Waals surface area contributed by atoms with Crippen molar-refractivity contribution in [2.24, 2.45) is 10.8 Å². The van der Waals surface area contributed by atoms with Crippen LogP contribution in [0.2, 0.25) is 0 Å². The number of para-hydroxylation sites is 2. The summed E-state index contributed by atoms with van der Waals surface area (Å²) in [6.45, 7) is 16.4. The van der Waals surface area contributed by atoms with Gasteiger partial charge in [-0.05, 0) is 64.5 Å². The lowest BCUT2D eigenvalue weighted by molar-refractivity contribution is -0.144. The third-order valence-electron chi connectivity index (χ3n) is 13.2. The second kappa shape index (κ2) is 19.9. The van der Waals surface area contributed by atoms with E-state index in [2.05, 4.69) is 31.9 Å². The Labute approximate surface area is 378 Å². The van der Waals surface area contributed by atoms with Gasteiger partial charge in [-0.1, -0.05) is 77.9 Å². The summed E-state index contributed by atoms with van der Waals surface area (Å²) < 4.78 is 12.7. The van der Waals surface area contributed by atoms with Gasteiger partial charge < -0.3 is 51.2 Å². The summed E-state index contributed by atoms with van der Waals surface area (Å²) >= 11 is 0. The van der Waals surface area contributed by atoms with Gasteiger partial charge in [-0.2, -0.15) is 0 Å². The molecule has 2 saturated heterocycles. The molecule has 0 radical (unpaired) electrons. The van der Waals surface area contributed by atoms with E-state index in [1.165, 1.54) is 0 Å². The van der Waals surface area contributed by atoms with E-state index in [1.54, 1.807) is 37.7 Å². The standard InChI is InChI=1S/C48H70N8O8/c1-27(49-9)41(57)53-39(47(3,4)5)45(61)55-23-13-19-35(55)43(59)51-33-21-25-63-37-29(15-11-17-31(33)37)30-16-12-18-32-34(22-26-64-38(30)32)52-44(60)36-20-14-24-56(36)46(62)40(48(6,7)8)54-42(58)28(2)50-10/h11-12,15-18,27-28,33-36,39-40,49-50H,13-14,19-26H2,1-10H3,(H,51,59)(H,52,60)(H,53,57)(H,54,58)/t27?,28?,33-,34-,35+,36+,39?,40?/m1/s1. The number of likely N-dealkylation sites (N-methyl/N-ethyl adjacent to an activating group) is 2. The van der Waals surface area contributed by atoms with E-state index in [-0.39, 0.29) is 47.5 Å². The number of ether oxygens (including phenoxy) is 2. The number of fused-ring (bicyclic) bond motifs is 2. The molecular formula is C48H70N8O8. The molecule has 0 aromatic heterocycles. The Morgan fingerprint density at radius 2 is 0.969 bits per heavy atom. The first-order valence-electron chi connectivity index (χ1n) is 23.0. The number of carbonyl (C=O) groups is 6. The first kappa shape index (κ1) is 48.2. The number of hydrogen-bond acceptors (Lipinski definition) is 10. The molecule has 2 fully saturated rings. The molecule has 16 heteroatoms. The van der Waals surface area contributed by atoms with Crippen LogP contribution in [0.4, 0.5) is 0 Å². The highest BCUT2D eigenvalue weighted by atomic mass is 16.5. The fourth-order valence-electron chi connectivity index (χ4n) is 9.14. The van der Waals surface area contributed by atoms with Gasteiger partial charge in [0.25, 0.3) is 0 Å². The van der Waals surface area contributed by atoms with Crippen LogP contribution in [0.15, 0.2) is 36.4 Å². The Morgan fingerprint density at radius 3 is 1.31 bits per heavy atom. The first-order chi connectivity index (χ1) is 30.3. The molecule has 64 heavy (non-hydrogen) atoms. The monoisotopic (exact) mass is 887 g/mol. The lowest BCUT2D eigenvalue weighted by Crippen LogP contribution is -2.59. The zero-order valence-electron chi connectivity index (χ0n) is 39.3. The highest BCUT2D eigenvalue weighted by Gasteiger charge is 2.45. The smallest absolute Gasteiger partial charge is 0.246 e. The second-order valence-corrected chi connectivity index (χ2v) is 19.9. The summed E-state index contributed by atoms with van der Waals surface area (Å²) in [7, 11) is 3.38. The number of carbonyl (C=O) groups excluding carboxylic acids is 6. The number of likely N-dealkylation sites (tertiary alicyclic amines) is 2. The van der Waals surface area contributed by atoms with Crippen LogP contribution in [-0.4, -0.2) is 122 Å². The third kappa shape index (κ3) is 10.3. The number of amides is 6. The van der Waals surface area contributed by atoms with Crippen LogP contribution in [0.5, 0.6) is 11.5 Å². The summed E-state index contributed by atoms with van der Waals surface area (Å²) in [4.78, 5) is 85.5. The molecular weight excluding hydrogens is 817 g/mol. The third-order valence-corrected chi connectivity index (χ3v) is 13.2. The predicted octanol–water partition coefficient (Wildman–Crippen LogP) is 3.49. The molecule has 350 valence electrons. The van der Waals surface area contributed by atoms with E-state index >= 15 is 0 Å². The number of benzene rings is 2. The average Bonchev–Trinajstić information content (AvgIpc) is 3.97. The Balaban J connectivity index is 1.19. The molecule has 2 aromatic rings. The zero-order chi connectivity index (χ0) is 46.7. The van der Waals surface area contributed by atoms with Crippen molar-refractivity contribution >= 4 is 35.4 Å². The van der Waals surface area contributed by atoms with Gasteiger partial charge in [-0.15, -0.1) is 0 Å². The van der Waals surface area contributed by atoms with E-state index in [4.69, 9.17) is 9.47 Å². The molecule has 4 unspecified atom stereocenters. The highest BCUT2D eigenvalue weighted by Crippen LogP contribution is 2.47. The average molecular weight is 887 g/mol. The van der Waals surface area contributed by atoms with Gasteiger partial charge in [0.2, 0.25) is 35.4 Å². The molecule has 0 aliphatic carbocycles. The molecule has 16 nitrogen and oxygen atoms in total. The lowest BCUT2D eigenvalue weighted by Gasteiger charge is -2.36. The summed E-state index contributed by atoms with van der Waals surface area (Å²) in [6, 6.07) is 6.91. The SMILES string of the molecule is CNC(C)C(=O)NC(C(=O)N1CCC[C@H]1C(=O)N[C@@H]1CCOc2c(-c3cccc4c3OCC[C@H]4NC(=O)[C@@H]3CCCN3C(=O)C(NC(=O)C(C)NC)C(C)(C)C)cccc21)C(C)(C)C. The molecule has 6 rings (SSSR count). The molecule has 6 amide bonds. The second-order valence-electron chi connectivity index (χ2n) is 19.9. The molecule has 6 N–H and O–H groups in total. The van der Waals surface area contributed by atoms with Crippen molar-refractivity contribution < 1.29 is 38.2 Å². The molecule has 0 spiro atoms. The van der Waals surface area contributed by atoms with Crippen molar-refractivity contribution in [2.45, 2.75) is 142 Å². The maximum Gasteiger partial charge on any atom is 0.246 e. The van der Waals surface area contributed by atoms with Crippen LogP contribution in [0, 0.1) is 10.8 Å². The van der Waals surface area contributed by atoms with Crippen LogP contribution < -0.4 is 41.4 Å². The van der Waals surface area contributed by atoms with E-state index in [0.717, 1.165) is 22.3 Å². The van der Waals surface area contributed by atoms with Crippen LogP contribution >= 0.6 is 0 Å². The maximum absolute atomic E-state index is 14.1. The summed E-state index contributed by atoms with van der Waals surface area (Å²) in [6.07, 6.45) is 3.42. The van der Waals surface area contributed by atoms with Gasteiger partial charge in [-0.3, -0.25) is 28.8 Å². The maximum atomic E-state index is 14.1. The molecule has 8 atom stereocenters. The molecule has 0 bridgehead atoms. The Hall–Kier alpha value is -5.22. The zero-order valence-corrected chi connectivity index (χ0v) is 39.3. The summed E-state index contributed by atoms with van der Waals surface area (Å²) in [5.74, 6) is -0.365. The van der Waals surface area contributed by atoms with Crippen molar-refractivity contribution in [3.63, 3.8) is 0 Å². The molecule has 4 heterocycles. The van der Waals surface area contributed by atoms with Gasteiger partial charge in [0.1, 0.15) is 35.7 Å². The fraction of sp³-hybridized carbons (Fsp3) is 0.625. The Morgan fingerprint density at radius 1 is 0.594 bits per heavy atom. The minimum absolute atomic E-state index is 0.250. The van der Waals surface area contributed by atoms with Crippen LogP contribution in [0.3, 0.4) is 0 Å². The van der Waals surface area contributed by atoms with Crippen molar-refractivity contribution in [3.8, 4) is 22.6 Å². The fourth-order valence-corrected chi connectivity index (χ4v) is 9.14. The van der Waals surface area contributed by atoms with Crippen LogP contribution in [0.1, 0.15) is 117 Å². The highest BCUT2D eigenvalue weighted by molar-refractivity contribution is 5.95. The Bertz CT molecular complexity index is 1930. The largest absolute Gasteiger partial charge is 0.492 e. The van der Waals surface area contributed by atoms with Crippen molar-refractivity contribution in [3.05, 3.63) is 47.5 Å². The quantitative estimate of drug-likeness (QED) is 0.173. The van der Waals surface area contributed by atoms with E-state index in [9.17, 15) is 28.8 Å². The summed E-state index contributed by atoms with van der Waals surface area (Å²) in [5, 5.41) is 18.2. The van der Waals surface area contributed by atoms with Crippen LogP contribution in [0.25, 0.3) is 11.1 Å². The number of rotatable bonds is 13. The van der Waals surface area contributed by atoms with Gasteiger partial charge in [0, 0.05) is 48.2 Å². The number of hydrogen-bond donors (Lipinski definition) is 6. The number of nitrogens with one attached hydrogen (secondary N) is 6. The van der Waals surface area contributed by atoms with E-state index < -0.39 is 47.1 Å². The van der Waals surface area contributed by atoms with E-state index in [0.29, 0.717) is 76.3 Å². The van der Waals surface area contributed by atoms with Crippen molar-refractivity contribution in [1.82, 2.24) is 41.7 Å². The molecule has 4 aliphatic heterocycles.